The monoisotopic (exact) mass is 698 g/mol. The zero-order valence-electron chi connectivity index (χ0n) is 28.5. The Morgan fingerprint density at radius 3 is 1.75 bits per heavy atom. The summed E-state index contributed by atoms with van der Waals surface area (Å²) in [5, 5.41) is 2.62. The van der Waals surface area contributed by atoms with E-state index in [-0.39, 0.29) is 6.71 Å². The molecule has 2 aliphatic rings. The second kappa shape index (κ2) is 11.6. The van der Waals surface area contributed by atoms with E-state index in [0.717, 1.165) is 0 Å². The lowest BCUT2D eigenvalue weighted by Crippen LogP contribution is -2.60. The maximum Gasteiger partial charge on any atom is 0.264 e. The first-order chi connectivity index (χ1) is 25.7. The molecule has 0 atom stereocenters. The van der Waals surface area contributed by atoms with Gasteiger partial charge in [0, 0.05) is 63.8 Å². The Kier molecular flexibility index (Phi) is 6.64. The normalized spacial score (nSPS) is 13.0. The highest BCUT2D eigenvalue weighted by Crippen LogP contribution is 2.51. The van der Waals surface area contributed by atoms with E-state index in [1.165, 1.54) is 97.1 Å². The van der Waals surface area contributed by atoms with Crippen LogP contribution >= 0.6 is 22.7 Å². The predicted molar refractivity (Wildman–Crippen MR) is 227 cm³/mol. The second-order valence-corrected chi connectivity index (χ2v) is 15.9. The fourth-order valence-corrected chi connectivity index (χ4v) is 11.1. The molecule has 0 saturated heterocycles. The molecule has 0 saturated carbocycles. The molecule has 7 aromatic carbocycles. The summed E-state index contributed by atoms with van der Waals surface area (Å²) in [5.41, 5.74) is 15.2. The molecule has 2 nitrogen and oxygen atoms in total. The van der Waals surface area contributed by atoms with Gasteiger partial charge in [0.15, 0.2) is 0 Å². The van der Waals surface area contributed by atoms with Crippen molar-refractivity contribution in [3.63, 3.8) is 0 Å². The van der Waals surface area contributed by atoms with Crippen molar-refractivity contribution in [1.82, 2.24) is 0 Å². The molecule has 0 N–H and O–H groups in total. The van der Waals surface area contributed by atoms with Crippen LogP contribution in [-0.2, 0) is 0 Å². The molecule has 0 bridgehead atoms. The van der Waals surface area contributed by atoms with Gasteiger partial charge in [0.05, 0.1) is 5.69 Å². The van der Waals surface area contributed by atoms with Crippen LogP contribution in [-0.4, -0.2) is 6.71 Å². The van der Waals surface area contributed by atoms with Gasteiger partial charge in [0.2, 0.25) is 0 Å². The van der Waals surface area contributed by atoms with Gasteiger partial charge in [-0.2, -0.15) is 0 Å². The Balaban J connectivity index is 1.29. The largest absolute Gasteiger partial charge is 0.311 e. The first kappa shape index (κ1) is 29.8. The van der Waals surface area contributed by atoms with E-state index in [4.69, 9.17) is 0 Å². The Morgan fingerprint density at radius 1 is 0.481 bits per heavy atom. The van der Waals surface area contributed by atoms with Crippen molar-refractivity contribution in [1.29, 1.82) is 0 Å². The molecule has 0 unspecified atom stereocenters. The number of aryl methyl sites for hydroxylation is 1. The van der Waals surface area contributed by atoms with Crippen molar-refractivity contribution in [2.75, 3.05) is 9.80 Å². The summed E-state index contributed by atoms with van der Waals surface area (Å²) < 4.78 is 4.02. The van der Waals surface area contributed by atoms with Gasteiger partial charge in [0.1, 0.15) is 0 Å². The van der Waals surface area contributed by atoms with Crippen LogP contribution in [0.15, 0.2) is 170 Å². The van der Waals surface area contributed by atoms with Gasteiger partial charge in [-0.15, -0.1) is 22.7 Å². The van der Waals surface area contributed by atoms with E-state index in [2.05, 4.69) is 187 Å². The van der Waals surface area contributed by atoms with Gasteiger partial charge in [-0.3, -0.25) is 0 Å². The van der Waals surface area contributed by atoms with Gasteiger partial charge in [-0.25, -0.2) is 0 Å². The third kappa shape index (κ3) is 4.36. The van der Waals surface area contributed by atoms with Gasteiger partial charge in [-0.1, -0.05) is 121 Å². The van der Waals surface area contributed by atoms with Crippen molar-refractivity contribution >= 4 is 99.4 Å². The Hall–Kier alpha value is -5.88. The van der Waals surface area contributed by atoms with E-state index in [1.54, 1.807) is 0 Å². The number of anilines is 6. The molecular formula is C47H31BN2S2. The molecule has 5 heteroatoms. The molecule has 2 aromatic heterocycles. The molecule has 0 aliphatic carbocycles. The number of para-hydroxylation sites is 2. The van der Waals surface area contributed by atoms with Crippen molar-refractivity contribution in [3.8, 4) is 21.6 Å². The number of rotatable bonds is 4. The summed E-state index contributed by atoms with van der Waals surface area (Å²) in [5.74, 6) is 0. The lowest BCUT2D eigenvalue weighted by Gasteiger charge is -2.43. The van der Waals surface area contributed by atoms with Crippen LogP contribution in [0, 0.1) is 6.92 Å². The van der Waals surface area contributed by atoms with E-state index < -0.39 is 0 Å². The number of benzene rings is 7. The number of fused-ring (bicyclic) bond motifs is 7. The van der Waals surface area contributed by atoms with E-state index >= 15 is 0 Å². The molecular weight excluding hydrogens is 667 g/mol. The highest BCUT2D eigenvalue weighted by Gasteiger charge is 2.45. The topological polar surface area (TPSA) is 6.48 Å². The van der Waals surface area contributed by atoms with Gasteiger partial charge in [-0.05, 0) is 83.1 Å². The van der Waals surface area contributed by atoms with Gasteiger partial charge in [0.25, 0.3) is 6.71 Å². The van der Waals surface area contributed by atoms with Crippen LogP contribution in [0.1, 0.15) is 5.56 Å². The number of hydrogen-bond donors (Lipinski definition) is 0. The molecule has 4 heterocycles. The average Bonchev–Trinajstić information content (AvgIpc) is 3.77. The minimum atomic E-state index is 0.0704. The van der Waals surface area contributed by atoms with E-state index in [0.29, 0.717) is 0 Å². The molecule has 0 amide bonds. The summed E-state index contributed by atoms with van der Waals surface area (Å²) in [6, 6.07) is 62.6. The molecule has 244 valence electrons. The minimum Gasteiger partial charge on any atom is -0.311 e. The van der Waals surface area contributed by atoms with Crippen LogP contribution in [0.5, 0.6) is 0 Å². The molecule has 0 radical (unpaired) electrons. The fourth-order valence-electron chi connectivity index (χ4n) is 8.54. The predicted octanol–water partition coefficient (Wildman–Crippen LogP) is 11.8. The zero-order valence-corrected chi connectivity index (χ0v) is 30.1. The standard InChI is InChI=1S/C47H31BN2S2/c1-30-26-39-44-40(27-30)50(34-22-12-5-13-23-34)45-35-24-14-15-25-41(35)52-47(45)48(44)37-28-36-42(29-38(37)49(39)33-20-10-4-11-21-33)51-46(32-18-8-3-9-19-32)43(36)31-16-6-2-7-17-31/h2-29H,1H3. The highest BCUT2D eigenvalue weighted by molar-refractivity contribution is 7.33. The summed E-state index contributed by atoms with van der Waals surface area (Å²) in [6.45, 7) is 2.32. The first-order valence-electron chi connectivity index (χ1n) is 17.8. The minimum absolute atomic E-state index is 0.0704. The van der Waals surface area contributed by atoms with Gasteiger partial charge < -0.3 is 9.80 Å². The lowest BCUT2D eigenvalue weighted by molar-refractivity contribution is 1.25. The number of hydrogen-bond acceptors (Lipinski definition) is 4. The van der Waals surface area contributed by atoms with Gasteiger partial charge >= 0.3 is 0 Å². The maximum absolute atomic E-state index is 2.55. The quantitative estimate of drug-likeness (QED) is 0.169. The maximum atomic E-state index is 2.55. The molecule has 9 aromatic rings. The van der Waals surface area contributed by atoms with Crippen molar-refractivity contribution in [3.05, 3.63) is 175 Å². The summed E-state index contributed by atoms with van der Waals surface area (Å²) >= 11 is 3.86. The molecule has 0 fully saturated rings. The summed E-state index contributed by atoms with van der Waals surface area (Å²) in [6.07, 6.45) is 0. The average molecular weight is 699 g/mol. The summed E-state index contributed by atoms with van der Waals surface area (Å²) in [7, 11) is 0. The number of thiophene rings is 2. The van der Waals surface area contributed by atoms with Crippen LogP contribution < -0.4 is 25.5 Å². The zero-order chi connectivity index (χ0) is 34.3. The first-order valence-corrected chi connectivity index (χ1v) is 19.4. The Morgan fingerprint density at radius 2 is 1.06 bits per heavy atom. The molecule has 11 rings (SSSR count). The van der Waals surface area contributed by atoms with Crippen LogP contribution in [0.4, 0.5) is 34.1 Å². The molecule has 52 heavy (non-hydrogen) atoms. The van der Waals surface area contributed by atoms with E-state index in [1.807, 2.05) is 22.7 Å². The fraction of sp³-hybridized carbons (Fsp3) is 0.0213. The molecule has 2 aliphatic heterocycles. The lowest BCUT2D eigenvalue weighted by atomic mass is 9.36. The van der Waals surface area contributed by atoms with Crippen LogP contribution in [0.3, 0.4) is 0 Å². The Bertz CT molecular complexity index is 2810. The Labute approximate surface area is 311 Å². The third-order valence-electron chi connectivity index (χ3n) is 10.6. The highest BCUT2D eigenvalue weighted by atomic mass is 32.1. The molecule has 0 spiro atoms. The van der Waals surface area contributed by atoms with Crippen molar-refractivity contribution in [2.24, 2.45) is 0 Å². The van der Waals surface area contributed by atoms with Crippen LogP contribution in [0.2, 0.25) is 0 Å². The third-order valence-corrected chi connectivity index (χ3v) is 13.1. The SMILES string of the molecule is Cc1cc2c3c(c1)N(c1ccccc1)c1c(sc4ccccc14)B3c1cc3c(-c4ccccc4)c(-c4ccccc4)sc3cc1N2c1ccccc1. The second-order valence-electron chi connectivity index (χ2n) is 13.7. The van der Waals surface area contributed by atoms with E-state index in [9.17, 15) is 0 Å². The van der Waals surface area contributed by atoms with Crippen molar-refractivity contribution in [2.45, 2.75) is 6.92 Å². The van der Waals surface area contributed by atoms with Crippen LogP contribution in [0.25, 0.3) is 41.7 Å². The smallest absolute Gasteiger partial charge is 0.264 e. The summed E-state index contributed by atoms with van der Waals surface area (Å²) in [4.78, 5) is 6.38. The number of nitrogens with zero attached hydrogens (tertiary/aromatic N) is 2. The van der Waals surface area contributed by atoms with Crippen molar-refractivity contribution < 1.29 is 0 Å².